The second-order valence-corrected chi connectivity index (χ2v) is 4.32. The lowest BCUT2D eigenvalue weighted by Gasteiger charge is -2.29. The van der Waals surface area contributed by atoms with Crippen LogP contribution in [0.15, 0.2) is 0 Å². The minimum atomic E-state index is 0.542. The van der Waals surface area contributed by atoms with Crippen LogP contribution < -0.4 is 5.73 Å². The van der Waals surface area contributed by atoms with E-state index in [0.717, 1.165) is 18.5 Å². The molecule has 2 heteroatoms. The third-order valence-electron chi connectivity index (χ3n) is 3.28. The molecule has 0 spiro atoms. The van der Waals surface area contributed by atoms with Gasteiger partial charge in [-0.1, -0.05) is 6.92 Å². The van der Waals surface area contributed by atoms with Gasteiger partial charge in [-0.25, -0.2) is 0 Å². The molecule has 0 aromatic heterocycles. The van der Waals surface area contributed by atoms with Gasteiger partial charge in [0.1, 0.15) is 0 Å². The van der Waals surface area contributed by atoms with Crippen LogP contribution >= 0.6 is 0 Å². The molecule has 0 aromatic carbocycles. The van der Waals surface area contributed by atoms with Gasteiger partial charge in [0.05, 0.1) is 0 Å². The first-order chi connectivity index (χ1) is 5.65. The standard InChI is InChI=1S/C10H22N2/c1-8-4-5-10(6-8)12(3)9(2)7-11/h8-10H,4-7,11H2,1-3H3. The van der Waals surface area contributed by atoms with Crippen molar-refractivity contribution in [1.82, 2.24) is 4.90 Å². The van der Waals surface area contributed by atoms with E-state index in [-0.39, 0.29) is 0 Å². The highest BCUT2D eigenvalue weighted by Gasteiger charge is 2.26. The van der Waals surface area contributed by atoms with Gasteiger partial charge in [-0.05, 0) is 39.2 Å². The van der Waals surface area contributed by atoms with Crippen LogP contribution in [0.25, 0.3) is 0 Å². The fourth-order valence-electron chi connectivity index (χ4n) is 2.07. The summed E-state index contributed by atoms with van der Waals surface area (Å²) in [4.78, 5) is 2.45. The monoisotopic (exact) mass is 170 g/mol. The molecule has 1 aliphatic rings. The summed E-state index contributed by atoms with van der Waals surface area (Å²) < 4.78 is 0. The normalized spacial score (nSPS) is 32.8. The summed E-state index contributed by atoms with van der Waals surface area (Å²) in [5.41, 5.74) is 5.63. The summed E-state index contributed by atoms with van der Waals surface area (Å²) in [6.45, 7) is 5.34. The van der Waals surface area contributed by atoms with Crippen molar-refractivity contribution >= 4 is 0 Å². The quantitative estimate of drug-likeness (QED) is 0.694. The fourth-order valence-corrected chi connectivity index (χ4v) is 2.07. The molecule has 0 radical (unpaired) electrons. The lowest BCUT2D eigenvalue weighted by atomic mass is 10.1. The number of likely N-dealkylation sites (N-methyl/N-ethyl adjacent to an activating group) is 1. The molecule has 0 amide bonds. The molecule has 0 aliphatic heterocycles. The molecular formula is C10H22N2. The highest BCUT2D eigenvalue weighted by atomic mass is 15.2. The zero-order valence-corrected chi connectivity index (χ0v) is 8.59. The number of nitrogens with zero attached hydrogens (tertiary/aromatic N) is 1. The van der Waals surface area contributed by atoms with Gasteiger partial charge < -0.3 is 5.73 Å². The molecule has 2 N–H and O–H groups in total. The molecule has 0 heterocycles. The molecule has 2 nitrogen and oxygen atoms in total. The SMILES string of the molecule is CC1CCC(N(C)C(C)CN)C1. The van der Waals surface area contributed by atoms with Gasteiger partial charge in [-0.2, -0.15) is 0 Å². The van der Waals surface area contributed by atoms with Crippen LogP contribution in [0.4, 0.5) is 0 Å². The zero-order valence-electron chi connectivity index (χ0n) is 8.59. The van der Waals surface area contributed by atoms with Crippen LogP contribution in [-0.2, 0) is 0 Å². The number of nitrogens with two attached hydrogens (primary N) is 1. The number of hydrogen-bond acceptors (Lipinski definition) is 2. The van der Waals surface area contributed by atoms with E-state index >= 15 is 0 Å². The minimum Gasteiger partial charge on any atom is -0.329 e. The van der Waals surface area contributed by atoms with Crippen molar-refractivity contribution in [2.45, 2.75) is 45.2 Å². The average Bonchev–Trinajstić information content (AvgIpc) is 2.49. The molecule has 1 aliphatic carbocycles. The van der Waals surface area contributed by atoms with Gasteiger partial charge in [-0.3, -0.25) is 4.90 Å². The molecule has 12 heavy (non-hydrogen) atoms. The molecule has 0 bridgehead atoms. The van der Waals surface area contributed by atoms with Gasteiger partial charge in [0, 0.05) is 18.6 Å². The van der Waals surface area contributed by atoms with Crippen LogP contribution in [0.5, 0.6) is 0 Å². The summed E-state index contributed by atoms with van der Waals surface area (Å²) in [7, 11) is 2.21. The molecule has 0 saturated heterocycles. The Bertz CT molecular complexity index is 136. The van der Waals surface area contributed by atoms with Crippen LogP contribution in [0, 0.1) is 5.92 Å². The first-order valence-electron chi connectivity index (χ1n) is 5.07. The molecule has 1 saturated carbocycles. The summed E-state index contributed by atoms with van der Waals surface area (Å²) >= 11 is 0. The van der Waals surface area contributed by atoms with E-state index in [4.69, 9.17) is 5.73 Å². The Hall–Kier alpha value is -0.0800. The van der Waals surface area contributed by atoms with E-state index in [0.29, 0.717) is 6.04 Å². The van der Waals surface area contributed by atoms with Gasteiger partial charge >= 0.3 is 0 Å². The molecule has 3 atom stereocenters. The van der Waals surface area contributed by atoms with E-state index in [1.165, 1.54) is 19.3 Å². The summed E-state index contributed by atoms with van der Waals surface area (Å²) in [6, 6.07) is 1.33. The largest absolute Gasteiger partial charge is 0.329 e. The van der Waals surface area contributed by atoms with Crippen LogP contribution in [0.3, 0.4) is 0 Å². The smallest absolute Gasteiger partial charge is 0.0190 e. The van der Waals surface area contributed by atoms with Crippen molar-refractivity contribution in [1.29, 1.82) is 0 Å². The topological polar surface area (TPSA) is 29.3 Å². The van der Waals surface area contributed by atoms with Crippen molar-refractivity contribution in [3.8, 4) is 0 Å². The van der Waals surface area contributed by atoms with E-state index < -0.39 is 0 Å². The Morgan fingerprint density at radius 3 is 2.58 bits per heavy atom. The Balaban J connectivity index is 2.37. The maximum atomic E-state index is 5.63. The van der Waals surface area contributed by atoms with Crippen molar-refractivity contribution in [3.63, 3.8) is 0 Å². The maximum absolute atomic E-state index is 5.63. The second kappa shape index (κ2) is 4.24. The van der Waals surface area contributed by atoms with E-state index in [1.54, 1.807) is 0 Å². The maximum Gasteiger partial charge on any atom is 0.0190 e. The molecule has 0 aromatic rings. The highest BCUT2D eigenvalue weighted by Crippen LogP contribution is 2.28. The summed E-state index contributed by atoms with van der Waals surface area (Å²) in [6.07, 6.45) is 4.12. The predicted molar refractivity (Wildman–Crippen MR) is 53.1 cm³/mol. The van der Waals surface area contributed by atoms with E-state index in [1.807, 2.05) is 0 Å². The van der Waals surface area contributed by atoms with Gasteiger partial charge in [0.25, 0.3) is 0 Å². The lowest BCUT2D eigenvalue weighted by Crippen LogP contribution is -2.41. The zero-order chi connectivity index (χ0) is 9.14. The molecule has 1 rings (SSSR count). The third kappa shape index (κ3) is 2.20. The second-order valence-electron chi connectivity index (χ2n) is 4.32. The van der Waals surface area contributed by atoms with Gasteiger partial charge in [0.15, 0.2) is 0 Å². The Labute approximate surface area is 76.1 Å². The van der Waals surface area contributed by atoms with Crippen LogP contribution in [-0.4, -0.2) is 30.6 Å². The Morgan fingerprint density at radius 2 is 2.17 bits per heavy atom. The van der Waals surface area contributed by atoms with Crippen LogP contribution in [0.1, 0.15) is 33.1 Å². The fraction of sp³-hybridized carbons (Fsp3) is 1.00. The molecule has 1 fully saturated rings. The first kappa shape index (κ1) is 10.0. The van der Waals surface area contributed by atoms with Gasteiger partial charge in [0.2, 0.25) is 0 Å². The van der Waals surface area contributed by atoms with E-state index in [9.17, 15) is 0 Å². The number of rotatable bonds is 3. The van der Waals surface area contributed by atoms with Crippen molar-refractivity contribution in [3.05, 3.63) is 0 Å². The third-order valence-corrected chi connectivity index (χ3v) is 3.28. The molecular weight excluding hydrogens is 148 g/mol. The summed E-state index contributed by atoms with van der Waals surface area (Å²) in [5, 5.41) is 0. The lowest BCUT2D eigenvalue weighted by molar-refractivity contribution is 0.187. The van der Waals surface area contributed by atoms with Crippen molar-refractivity contribution < 1.29 is 0 Å². The summed E-state index contributed by atoms with van der Waals surface area (Å²) in [5.74, 6) is 0.919. The molecule has 72 valence electrons. The Kier molecular flexibility index (Phi) is 3.53. The average molecular weight is 170 g/mol. The highest BCUT2D eigenvalue weighted by molar-refractivity contribution is 4.82. The number of hydrogen-bond donors (Lipinski definition) is 1. The predicted octanol–water partition coefficient (Wildman–Crippen LogP) is 1.45. The van der Waals surface area contributed by atoms with E-state index in [2.05, 4.69) is 25.8 Å². The van der Waals surface area contributed by atoms with Crippen molar-refractivity contribution in [2.75, 3.05) is 13.6 Å². The minimum absolute atomic E-state index is 0.542. The first-order valence-corrected chi connectivity index (χ1v) is 5.07. The Morgan fingerprint density at radius 1 is 1.50 bits per heavy atom. The van der Waals surface area contributed by atoms with Crippen molar-refractivity contribution in [2.24, 2.45) is 11.7 Å². The van der Waals surface area contributed by atoms with Crippen LogP contribution in [0.2, 0.25) is 0 Å². The van der Waals surface area contributed by atoms with Gasteiger partial charge in [-0.15, -0.1) is 0 Å². The molecule has 3 unspecified atom stereocenters.